The van der Waals surface area contributed by atoms with E-state index in [4.69, 9.17) is 0 Å². The average molecular weight is 375 g/mol. The molecule has 0 spiro atoms. The summed E-state index contributed by atoms with van der Waals surface area (Å²) in [4.78, 5) is 13.7. The van der Waals surface area contributed by atoms with Crippen molar-refractivity contribution in [2.24, 2.45) is 0 Å². The molecule has 3 heterocycles. The number of carbonyl (C=O) groups excluding carboxylic acids is 1. The Hall–Kier alpha value is -2.39. The van der Waals surface area contributed by atoms with E-state index in [0.29, 0.717) is 18.8 Å². The number of anilines is 2. The summed E-state index contributed by atoms with van der Waals surface area (Å²) in [6.07, 6.45) is 1.43. The maximum absolute atomic E-state index is 12.8. The Labute approximate surface area is 152 Å². The van der Waals surface area contributed by atoms with Crippen molar-refractivity contribution in [1.82, 2.24) is 15.5 Å². The van der Waals surface area contributed by atoms with Crippen LogP contribution in [0.2, 0.25) is 0 Å². The van der Waals surface area contributed by atoms with E-state index in [2.05, 4.69) is 20.2 Å². The first kappa shape index (κ1) is 17.0. The van der Waals surface area contributed by atoms with Crippen LogP contribution in [-0.2, 0) is 34.2 Å². The van der Waals surface area contributed by atoms with Gasteiger partial charge in [-0.3, -0.25) is 14.6 Å². The highest BCUT2D eigenvalue weighted by Crippen LogP contribution is 2.34. The van der Waals surface area contributed by atoms with Gasteiger partial charge in [-0.15, -0.1) is 0 Å². The molecule has 26 heavy (non-hydrogen) atoms. The predicted molar refractivity (Wildman–Crippen MR) is 97.6 cm³/mol. The Bertz CT molecular complexity index is 982. The Balaban J connectivity index is 1.64. The largest absolute Gasteiger partial charge is 0.312 e. The summed E-state index contributed by atoms with van der Waals surface area (Å²) in [7, 11) is -3.76. The number of nitrogens with one attached hydrogen (secondary N) is 3. The first-order chi connectivity index (χ1) is 12.4. The van der Waals surface area contributed by atoms with E-state index in [1.165, 1.54) is 13.0 Å². The normalized spacial score (nSPS) is 19.2. The third kappa shape index (κ3) is 2.77. The number of aromatic nitrogens is 2. The Morgan fingerprint density at radius 1 is 1.38 bits per heavy atom. The van der Waals surface area contributed by atoms with E-state index in [0.717, 1.165) is 35.5 Å². The number of hydrogen-bond acceptors (Lipinski definition) is 5. The van der Waals surface area contributed by atoms with Crippen LogP contribution in [0, 0.1) is 0 Å². The number of rotatable bonds is 3. The number of amides is 1. The molecule has 1 amide bonds. The highest BCUT2D eigenvalue weighted by atomic mass is 32.2. The summed E-state index contributed by atoms with van der Waals surface area (Å²) in [5.41, 5.74) is 3.46. The Morgan fingerprint density at radius 3 is 2.96 bits per heavy atom. The number of carbonyl (C=O) groups is 1. The minimum absolute atomic E-state index is 0.0258. The molecule has 0 fully saturated rings. The standard InChI is InChI=1S/C17H21N5O3S/c1-10-7-12-8-13(3-4-16(12)22(10)11(2)23)26(24,25)21-17-14-9-18-6-5-15(14)19-20-17/h3-4,8,10,18H,5-7,9H2,1-2H3,(H2,19,20,21). The lowest BCUT2D eigenvalue weighted by Gasteiger charge is -2.20. The predicted octanol–water partition coefficient (Wildman–Crippen LogP) is 1.15. The molecule has 138 valence electrons. The number of hydrogen-bond donors (Lipinski definition) is 3. The van der Waals surface area contributed by atoms with Gasteiger partial charge in [-0.2, -0.15) is 5.10 Å². The van der Waals surface area contributed by atoms with Crippen LogP contribution in [0.15, 0.2) is 23.1 Å². The minimum atomic E-state index is -3.76. The van der Waals surface area contributed by atoms with Gasteiger partial charge in [0.2, 0.25) is 5.91 Å². The summed E-state index contributed by atoms with van der Waals surface area (Å²) in [6, 6.07) is 4.91. The van der Waals surface area contributed by atoms with Gasteiger partial charge in [0.1, 0.15) is 0 Å². The zero-order chi connectivity index (χ0) is 18.5. The van der Waals surface area contributed by atoms with Crippen LogP contribution < -0.4 is 14.9 Å². The lowest BCUT2D eigenvalue weighted by molar-refractivity contribution is -0.116. The molecule has 1 aromatic carbocycles. The van der Waals surface area contributed by atoms with Gasteiger partial charge < -0.3 is 10.2 Å². The second-order valence-electron chi connectivity index (χ2n) is 6.79. The molecule has 9 heteroatoms. The number of nitrogens with zero attached hydrogens (tertiary/aromatic N) is 2. The second-order valence-corrected chi connectivity index (χ2v) is 8.48. The molecule has 1 atom stereocenters. The maximum atomic E-state index is 12.8. The minimum Gasteiger partial charge on any atom is -0.312 e. The van der Waals surface area contributed by atoms with Crippen molar-refractivity contribution in [2.75, 3.05) is 16.2 Å². The summed E-state index contributed by atoms with van der Waals surface area (Å²) < 4.78 is 28.2. The van der Waals surface area contributed by atoms with Crippen molar-refractivity contribution < 1.29 is 13.2 Å². The Morgan fingerprint density at radius 2 is 2.19 bits per heavy atom. The molecule has 0 radical (unpaired) electrons. The third-order valence-electron chi connectivity index (χ3n) is 4.95. The first-order valence-corrected chi connectivity index (χ1v) is 10.1. The quantitative estimate of drug-likeness (QED) is 0.746. The van der Waals surface area contributed by atoms with E-state index >= 15 is 0 Å². The smallest absolute Gasteiger partial charge is 0.263 e. The van der Waals surface area contributed by atoms with Gasteiger partial charge in [0.25, 0.3) is 10.0 Å². The van der Waals surface area contributed by atoms with E-state index in [1.54, 1.807) is 17.0 Å². The number of aromatic amines is 1. The number of fused-ring (bicyclic) bond motifs is 2. The zero-order valence-electron chi connectivity index (χ0n) is 14.7. The fourth-order valence-electron chi connectivity index (χ4n) is 3.75. The van der Waals surface area contributed by atoms with Gasteiger partial charge >= 0.3 is 0 Å². The molecule has 0 bridgehead atoms. The zero-order valence-corrected chi connectivity index (χ0v) is 15.5. The summed E-state index contributed by atoms with van der Waals surface area (Å²) in [5.74, 6) is 0.298. The van der Waals surface area contributed by atoms with Crippen LogP contribution in [0.5, 0.6) is 0 Å². The monoisotopic (exact) mass is 375 g/mol. The summed E-state index contributed by atoms with van der Waals surface area (Å²) in [6.45, 7) is 4.90. The SMILES string of the molecule is CC(=O)N1c2ccc(S(=O)(=O)Nc3n[nH]c4c3CNCC4)cc2CC1C. The molecule has 2 aromatic rings. The fourth-order valence-corrected chi connectivity index (χ4v) is 4.84. The van der Waals surface area contributed by atoms with Crippen molar-refractivity contribution in [3.8, 4) is 0 Å². The first-order valence-electron chi connectivity index (χ1n) is 8.59. The van der Waals surface area contributed by atoms with Crippen LogP contribution in [-0.4, -0.2) is 37.1 Å². The molecule has 0 saturated carbocycles. The van der Waals surface area contributed by atoms with Crippen LogP contribution in [0.1, 0.15) is 30.7 Å². The maximum Gasteiger partial charge on any atom is 0.263 e. The molecule has 4 rings (SSSR count). The topological polar surface area (TPSA) is 107 Å². The van der Waals surface area contributed by atoms with Gasteiger partial charge in [-0.25, -0.2) is 8.42 Å². The summed E-state index contributed by atoms with van der Waals surface area (Å²) in [5, 5.41) is 10.2. The van der Waals surface area contributed by atoms with Crippen LogP contribution in [0.4, 0.5) is 11.5 Å². The van der Waals surface area contributed by atoms with Crippen molar-refractivity contribution in [3.05, 3.63) is 35.0 Å². The van der Waals surface area contributed by atoms with E-state index in [1.807, 2.05) is 6.92 Å². The van der Waals surface area contributed by atoms with Crippen molar-refractivity contribution >= 4 is 27.4 Å². The number of sulfonamides is 1. The van der Waals surface area contributed by atoms with Gasteiger partial charge in [0.05, 0.1) is 4.90 Å². The molecular formula is C17H21N5O3S. The molecule has 1 unspecified atom stereocenters. The molecule has 3 N–H and O–H groups in total. The highest BCUT2D eigenvalue weighted by molar-refractivity contribution is 7.92. The van der Waals surface area contributed by atoms with Gasteiger partial charge in [-0.1, -0.05) is 0 Å². The molecule has 2 aliphatic rings. The van der Waals surface area contributed by atoms with Crippen molar-refractivity contribution in [1.29, 1.82) is 0 Å². The van der Waals surface area contributed by atoms with Crippen molar-refractivity contribution in [3.63, 3.8) is 0 Å². The lowest BCUT2D eigenvalue weighted by Crippen LogP contribution is -2.33. The molecule has 2 aliphatic heterocycles. The fraction of sp³-hybridized carbons (Fsp3) is 0.412. The number of H-pyrrole nitrogens is 1. The Kier molecular flexibility index (Phi) is 4.00. The van der Waals surface area contributed by atoms with Crippen molar-refractivity contribution in [2.45, 2.75) is 44.2 Å². The van der Waals surface area contributed by atoms with E-state index < -0.39 is 10.0 Å². The number of benzene rings is 1. The van der Waals surface area contributed by atoms with Crippen LogP contribution in [0.3, 0.4) is 0 Å². The van der Waals surface area contributed by atoms with Crippen LogP contribution in [0.25, 0.3) is 0 Å². The molecule has 0 aliphatic carbocycles. The van der Waals surface area contributed by atoms with Gasteiger partial charge in [0, 0.05) is 49.4 Å². The van der Waals surface area contributed by atoms with E-state index in [-0.39, 0.29) is 16.8 Å². The highest BCUT2D eigenvalue weighted by Gasteiger charge is 2.30. The van der Waals surface area contributed by atoms with E-state index in [9.17, 15) is 13.2 Å². The molecule has 0 saturated heterocycles. The summed E-state index contributed by atoms with van der Waals surface area (Å²) >= 11 is 0. The van der Waals surface area contributed by atoms with Gasteiger partial charge in [-0.05, 0) is 37.1 Å². The third-order valence-corrected chi connectivity index (χ3v) is 6.29. The van der Waals surface area contributed by atoms with Crippen LogP contribution >= 0.6 is 0 Å². The second kappa shape index (κ2) is 6.10. The average Bonchev–Trinajstić information content (AvgIpc) is 3.14. The molecule has 8 nitrogen and oxygen atoms in total. The van der Waals surface area contributed by atoms with Gasteiger partial charge in [0.15, 0.2) is 5.82 Å². The molecular weight excluding hydrogens is 354 g/mol. The lowest BCUT2D eigenvalue weighted by atomic mass is 10.1. The molecule has 1 aromatic heterocycles.